The maximum Gasteiger partial charge on any atom is 0.260 e. The molecule has 1 amide bonds. The Balaban J connectivity index is 1.62. The Morgan fingerprint density at radius 2 is 2.04 bits per heavy atom. The van der Waals surface area contributed by atoms with E-state index in [1.165, 1.54) is 24.3 Å². The number of carbonyl (C=O) groups excluding carboxylic acids is 1. The lowest BCUT2D eigenvalue weighted by Crippen LogP contribution is -2.42. The molecule has 0 fully saturated rings. The molecule has 0 bridgehead atoms. The Morgan fingerprint density at radius 3 is 2.76 bits per heavy atom. The summed E-state index contributed by atoms with van der Waals surface area (Å²) in [5.41, 5.74) is 0. The van der Waals surface area contributed by atoms with Crippen molar-refractivity contribution in [1.82, 2.24) is 19.7 Å². The predicted molar refractivity (Wildman–Crippen MR) is 87.5 cm³/mol. The molecule has 0 radical (unpaired) electrons. The molecule has 1 aliphatic rings. The van der Waals surface area contributed by atoms with Crippen molar-refractivity contribution < 1.29 is 18.7 Å². The van der Waals surface area contributed by atoms with Crippen LogP contribution in [0.3, 0.4) is 0 Å². The van der Waals surface area contributed by atoms with Gasteiger partial charge in [0.05, 0.1) is 0 Å². The van der Waals surface area contributed by atoms with E-state index in [0.717, 1.165) is 11.6 Å². The molecule has 25 heavy (non-hydrogen) atoms. The Hall–Kier alpha value is -2.48. The van der Waals surface area contributed by atoms with Gasteiger partial charge in [-0.2, -0.15) is 0 Å². The van der Waals surface area contributed by atoms with E-state index in [9.17, 15) is 9.18 Å². The molecular formula is C17H21FN4O3. The van der Waals surface area contributed by atoms with Crippen LogP contribution in [-0.4, -0.2) is 51.9 Å². The maximum atomic E-state index is 12.9. The van der Waals surface area contributed by atoms with Gasteiger partial charge in [-0.3, -0.25) is 4.79 Å². The van der Waals surface area contributed by atoms with Crippen LogP contribution in [0.15, 0.2) is 24.3 Å². The van der Waals surface area contributed by atoms with Crippen molar-refractivity contribution >= 4 is 5.91 Å². The van der Waals surface area contributed by atoms with Gasteiger partial charge in [-0.25, -0.2) is 4.39 Å². The SMILES string of the molecule is COCc1nnc2n1CCN(C(=O)COc1ccc(F)cc1)C(C)C2. The number of halogens is 1. The third kappa shape index (κ3) is 3.96. The van der Waals surface area contributed by atoms with Gasteiger partial charge in [0.15, 0.2) is 12.4 Å². The van der Waals surface area contributed by atoms with Gasteiger partial charge in [-0.05, 0) is 31.2 Å². The first-order valence-electron chi connectivity index (χ1n) is 8.16. The lowest BCUT2D eigenvalue weighted by atomic mass is 10.2. The van der Waals surface area contributed by atoms with Crippen LogP contribution >= 0.6 is 0 Å². The molecule has 3 rings (SSSR count). The van der Waals surface area contributed by atoms with Crippen molar-refractivity contribution in [2.24, 2.45) is 0 Å². The Labute approximate surface area is 145 Å². The minimum absolute atomic E-state index is 0.00911. The average molecular weight is 348 g/mol. The minimum Gasteiger partial charge on any atom is -0.484 e. The molecule has 2 heterocycles. The Bertz CT molecular complexity index is 732. The van der Waals surface area contributed by atoms with Crippen LogP contribution in [0.4, 0.5) is 4.39 Å². The second kappa shape index (κ2) is 7.60. The minimum atomic E-state index is -0.338. The van der Waals surface area contributed by atoms with Crippen LogP contribution in [0.1, 0.15) is 18.6 Å². The molecule has 7 nitrogen and oxygen atoms in total. The number of rotatable bonds is 5. The molecule has 8 heteroatoms. The second-order valence-corrected chi connectivity index (χ2v) is 6.00. The van der Waals surface area contributed by atoms with Gasteiger partial charge in [-0.15, -0.1) is 10.2 Å². The number of amides is 1. The van der Waals surface area contributed by atoms with E-state index in [2.05, 4.69) is 10.2 Å². The molecule has 0 saturated carbocycles. The number of carbonyl (C=O) groups is 1. The summed E-state index contributed by atoms with van der Waals surface area (Å²) in [6.45, 7) is 3.46. The largest absolute Gasteiger partial charge is 0.484 e. The molecule has 1 aromatic carbocycles. The highest BCUT2D eigenvalue weighted by Gasteiger charge is 2.27. The van der Waals surface area contributed by atoms with Crippen molar-refractivity contribution in [3.05, 3.63) is 41.7 Å². The average Bonchev–Trinajstić information content (AvgIpc) is 2.88. The first kappa shape index (κ1) is 17.3. The summed E-state index contributed by atoms with van der Waals surface area (Å²) in [7, 11) is 1.61. The van der Waals surface area contributed by atoms with Crippen LogP contribution in [-0.2, 0) is 29.1 Å². The van der Waals surface area contributed by atoms with Gasteiger partial charge < -0.3 is 18.9 Å². The van der Waals surface area contributed by atoms with Crippen molar-refractivity contribution in [3.8, 4) is 5.75 Å². The third-order valence-electron chi connectivity index (χ3n) is 4.25. The van der Waals surface area contributed by atoms with Crippen LogP contribution in [0.25, 0.3) is 0 Å². The normalized spacial score (nSPS) is 17.1. The summed E-state index contributed by atoms with van der Waals surface area (Å²) in [6, 6.07) is 5.61. The zero-order chi connectivity index (χ0) is 17.8. The molecule has 1 aliphatic heterocycles. The number of ether oxygens (including phenoxy) is 2. The zero-order valence-electron chi connectivity index (χ0n) is 14.3. The number of hydrogen-bond donors (Lipinski definition) is 0. The smallest absolute Gasteiger partial charge is 0.260 e. The fourth-order valence-electron chi connectivity index (χ4n) is 2.95. The van der Waals surface area contributed by atoms with E-state index in [1.807, 2.05) is 11.5 Å². The number of fused-ring (bicyclic) bond motifs is 1. The second-order valence-electron chi connectivity index (χ2n) is 6.00. The molecule has 0 saturated heterocycles. The quantitative estimate of drug-likeness (QED) is 0.817. The fraction of sp³-hybridized carbons (Fsp3) is 0.471. The van der Waals surface area contributed by atoms with E-state index >= 15 is 0 Å². The lowest BCUT2D eigenvalue weighted by Gasteiger charge is -2.26. The van der Waals surface area contributed by atoms with Crippen molar-refractivity contribution in [3.63, 3.8) is 0 Å². The fourth-order valence-corrected chi connectivity index (χ4v) is 2.95. The standard InChI is InChI=1S/C17H21FN4O3/c1-12-9-15-19-20-16(10-24-2)22(15)8-7-21(12)17(23)11-25-14-5-3-13(18)4-6-14/h3-6,12H,7-11H2,1-2H3. The summed E-state index contributed by atoms with van der Waals surface area (Å²) in [4.78, 5) is 14.3. The van der Waals surface area contributed by atoms with E-state index < -0.39 is 0 Å². The van der Waals surface area contributed by atoms with E-state index in [-0.39, 0.29) is 24.4 Å². The molecular weight excluding hydrogens is 327 g/mol. The number of aromatic nitrogens is 3. The Morgan fingerprint density at radius 1 is 1.28 bits per heavy atom. The monoisotopic (exact) mass is 348 g/mol. The highest BCUT2D eigenvalue weighted by molar-refractivity contribution is 5.78. The summed E-state index contributed by atoms with van der Waals surface area (Å²) in [5.74, 6) is 1.64. The van der Waals surface area contributed by atoms with Crippen LogP contribution in [0.5, 0.6) is 5.75 Å². The van der Waals surface area contributed by atoms with Crippen LogP contribution in [0, 0.1) is 5.82 Å². The van der Waals surface area contributed by atoms with Gasteiger partial charge in [0, 0.05) is 32.7 Å². The molecule has 2 aromatic rings. The molecule has 0 spiro atoms. The summed E-state index contributed by atoms with van der Waals surface area (Å²) < 4.78 is 25.5. The van der Waals surface area contributed by atoms with Crippen molar-refractivity contribution in [2.45, 2.75) is 32.5 Å². The lowest BCUT2D eigenvalue weighted by molar-refractivity contribution is -0.135. The zero-order valence-corrected chi connectivity index (χ0v) is 14.3. The number of nitrogens with zero attached hydrogens (tertiary/aromatic N) is 4. The molecule has 1 atom stereocenters. The van der Waals surface area contributed by atoms with Gasteiger partial charge in [0.25, 0.3) is 5.91 Å². The third-order valence-corrected chi connectivity index (χ3v) is 4.25. The van der Waals surface area contributed by atoms with Gasteiger partial charge in [0.2, 0.25) is 0 Å². The Kier molecular flexibility index (Phi) is 5.28. The van der Waals surface area contributed by atoms with Gasteiger partial charge in [0.1, 0.15) is 24.0 Å². The van der Waals surface area contributed by atoms with E-state index in [4.69, 9.17) is 9.47 Å². The number of hydrogen-bond acceptors (Lipinski definition) is 5. The number of benzene rings is 1. The molecule has 0 aliphatic carbocycles. The molecule has 0 N–H and O–H groups in total. The van der Waals surface area contributed by atoms with Gasteiger partial charge in [-0.1, -0.05) is 0 Å². The highest BCUT2D eigenvalue weighted by atomic mass is 19.1. The predicted octanol–water partition coefficient (Wildman–Crippen LogP) is 1.42. The summed E-state index contributed by atoms with van der Waals surface area (Å²) in [5, 5.41) is 8.36. The highest BCUT2D eigenvalue weighted by Crippen LogP contribution is 2.16. The summed E-state index contributed by atoms with van der Waals surface area (Å²) in [6.07, 6.45) is 0.624. The maximum absolute atomic E-state index is 12.9. The van der Waals surface area contributed by atoms with Crippen LogP contribution < -0.4 is 4.74 Å². The van der Waals surface area contributed by atoms with Crippen LogP contribution in [0.2, 0.25) is 0 Å². The summed E-state index contributed by atoms with van der Waals surface area (Å²) >= 11 is 0. The molecule has 1 unspecified atom stereocenters. The topological polar surface area (TPSA) is 69.5 Å². The van der Waals surface area contributed by atoms with Gasteiger partial charge >= 0.3 is 0 Å². The molecule has 134 valence electrons. The van der Waals surface area contributed by atoms with E-state index in [1.54, 1.807) is 12.0 Å². The van der Waals surface area contributed by atoms with E-state index in [0.29, 0.717) is 31.9 Å². The van der Waals surface area contributed by atoms with Crippen molar-refractivity contribution in [2.75, 3.05) is 20.3 Å². The first-order chi connectivity index (χ1) is 12.1. The number of methoxy groups -OCH3 is 1. The first-order valence-corrected chi connectivity index (χ1v) is 8.16. The van der Waals surface area contributed by atoms with Crippen molar-refractivity contribution in [1.29, 1.82) is 0 Å². The molecule has 1 aromatic heterocycles.